The van der Waals surface area contributed by atoms with Crippen molar-refractivity contribution in [1.29, 1.82) is 0 Å². The number of fused-ring (bicyclic) bond motifs is 4. The van der Waals surface area contributed by atoms with E-state index in [4.69, 9.17) is 9.47 Å². The molecule has 14 nitrogen and oxygen atoms in total. The van der Waals surface area contributed by atoms with Crippen molar-refractivity contribution in [3.8, 4) is 11.5 Å². The van der Waals surface area contributed by atoms with Crippen LogP contribution in [-0.2, 0) is 22.6 Å². The SMILES string of the molecule is CCC(=O)c1cn2c(c(O)c1=O)C(=O)N1[C@H](C)CCO[C@H]1C2.CCC(=O)c1cn2c(c(O)c1=O)C(=O)N1[C@H](CO[C@@H]1C)C2. The van der Waals surface area contributed by atoms with Crippen molar-refractivity contribution in [3.63, 3.8) is 0 Å². The van der Waals surface area contributed by atoms with E-state index in [0.717, 1.165) is 0 Å². The summed E-state index contributed by atoms with van der Waals surface area (Å²) in [5, 5.41) is 20.2. The van der Waals surface area contributed by atoms with Crippen LogP contribution in [0.25, 0.3) is 0 Å². The zero-order chi connectivity index (χ0) is 31.3. The highest BCUT2D eigenvalue weighted by molar-refractivity contribution is 6.01. The van der Waals surface area contributed by atoms with Gasteiger partial charge in [0.1, 0.15) is 6.23 Å². The topological polar surface area (TPSA) is 178 Å². The Labute approximate surface area is 246 Å². The zero-order valence-electron chi connectivity index (χ0n) is 24.4. The van der Waals surface area contributed by atoms with E-state index < -0.39 is 40.4 Å². The molecule has 43 heavy (non-hydrogen) atoms. The molecule has 2 amide bonds. The van der Waals surface area contributed by atoms with E-state index in [0.29, 0.717) is 32.7 Å². The molecule has 2 saturated heterocycles. The van der Waals surface area contributed by atoms with Gasteiger partial charge in [-0.2, -0.15) is 0 Å². The lowest BCUT2D eigenvalue weighted by atomic mass is 10.0. The molecule has 0 spiro atoms. The average Bonchev–Trinajstić information content (AvgIpc) is 3.36. The van der Waals surface area contributed by atoms with Crippen LogP contribution in [0.2, 0.25) is 0 Å². The van der Waals surface area contributed by atoms with E-state index in [1.807, 2.05) is 6.92 Å². The van der Waals surface area contributed by atoms with Crippen LogP contribution in [-0.4, -0.2) is 90.3 Å². The van der Waals surface area contributed by atoms with Gasteiger partial charge in [0, 0.05) is 37.8 Å². The van der Waals surface area contributed by atoms with E-state index in [1.54, 1.807) is 25.7 Å². The van der Waals surface area contributed by atoms with Gasteiger partial charge < -0.3 is 38.6 Å². The highest BCUT2D eigenvalue weighted by atomic mass is 16.5. The predicted molar refractivity (Wildman–Crippen MR) is 149 cm³/mol. The Bertz CT molecular complexity index is 1640. The first kappa shape index (κ1) is 30.2. The zero-order valence-corrected chi connectivity index (χ0v) is 24.4. The Balaban J connectivity index is 0.000000171. The van der Waals surface area contributed by atoms with Gasteiger partial charge >= 0.3 is 0 Å². The van der Waals surface area contributed by atoms with Crippen molar-refractivity contribution < 1.29 is 38.9 Å². The Morgan fingerprint density at radius 2 is 1.33 bits per heavy atom. The van der Waals surface area contributed by atoms with Crippen LogP contribution in [0.4, 0.5) is 0 Å². The summed E-state index contributed by atoms with van der Waals surface area (Å²) >= 11 is 0. The van der Waals surface area contributed by atoms with Crippen LogP contribution in [0.1, 0.15) is 88.7 Å². The van der Waals surface area contributed by atoms with Crippen LogP contribution in [0.15, 0.2) is 22.0 Å². The van der Waals surface area contributed by atoms with Crippen LogP contribution >= 0.6 is 0 Å². The first-order valence-corrected chi connectivity index (χ1v) is 14.3. The minimum atomic E-state index is -0.785. The molecule has 4 aliphatic heterocycles. The van der Waals surface area contributed by atoms with Crippen molar-refractivity contribution >= 4 is 23.4 Å². The van der Waals surface area contributed by atoms with Crippen LogP contribution in [0, 0.1) is 0 Å². The maximum Gasteiger partial charge on any atom is 0.276 e. The van der Waals surface area contributed by atoms with Gasteiger partial charge in [-0.25, -0.2) is 0 Å². The number of ketones is 2. The van der Waals surface area contributed by atoms with Gasteiger partial charge in [0.2, 0.25) is 10.9 Å². The molecule has 2 aromatic heterocycles. The molecule has 4 aliphatic rings. The second kappa shape index (κ2) is 11.4. The lowest BCUT2D eigenvalue weighted by Crippen LogP contribution is -2.57. The van der Waals surface area contributed by atoms with Gasteiger partial charge in [0.05, 0.1) is 36.9 Å². The smallest absolute Gasteiger partial charge is 0.276 e. The van der Waals surface area contributed by atoms with Crippen molar-refractivity contribution in [2.75, 3.05) is 13.2 Å². The summed E-state index contributed by atoms with van der Waals surface area (Å²) in [5.74, 6) is -2.90. The molecule has 0 saturated carbocycles. The molecule has 0 aromatic carbocycles. The van der Waals surface area contributed by atoms with Gasteiger partial charge in [-0.15, -0.1) is 0 Å². The van der Waals surface area contributed by atoms with Gasteiger partial charge in [0.15, 0.2) is 40.7 Å². The molecule has 4 atom stereocenters. The third-order valence-corrected chi connectivity index (χ3v) is 8.34. The number of aromatic hydroxyl groups is 2. The summed E-state index contributed by atoms with van der Waals surface area (Å²) in [4.78, 5) is 76.0. The van der Waals surface area contributed by atoms with Gasteiger partial charge in [-0.3, -0.25) is 28.8 Å². The molecule has 0 radical (unpaired) electrons. The number of amides is 2. The van der Waals surface area contributed by atoms with Crippen LogP contribution < -0.4 is 10.9 Å². The maximum absolute atomic E-state index is 12.6. The van der Waals surface area contributed by atoms with E-state index in [9.17, 15) is 39.0 Å². The number of hydrogen-bond acceptors (Lipinski definition) is 10. The van der Waals surface area contributed by atoms with E-state index in [2.05, 4.69) is 0 Å². The summed E-state index contributed by atoms with van der Waals surface area (Å²) in [6.45, 7) is 8.58. The number of carbonyl (C=O) groups is 4. The number of nitrogens with zero attached hydrogens (tertiary/aromatic N) is 4. The Kier molecular flexibility index (Phi) is 8.01. The molecule has 0 unspecified atom stereocenters. The predicted octanol–water partition coefficient (Wildman–Crippen LogP) is 1.08. The Morgan fingerprint density at radius 3 is 1.86 bits per heavy atom. The van der Waals surface area contributed by atoms with Crippen molar-refractivity contribution in [2.24, 2.45) is 0 Å². The van der Waals surface area contributed by atoms with Gasteiger partial charge in [0.25, 0.3) is 11.8 Å². The fraction of sp³-hybridized carbons (Fsp3) is 0.517. The highest BCUT2D eigenvalue weighted by Gasteiger charge is 2.43. The third kappa shape index (κ3) is 4.93. The Hall–Kier alpha value is -4.30. The molecule has 2 fully saturated rings. The Morgan fingerprint density at radius 1 is 0.814 bits per heavy atom. The first-order valence-electron chi connectivity index (χ1n) is 14.3. The quantitative estimate of drug-likeness (QED) is 0.484. The fourth-order valence-electron chi connectivity index (χ4n) is 5.98. The first-order chi connectivity index (χ1) is 20.4. The molecule has 6 heterocycles. The number of rotatable bonds is 4. The number of aromatic nitrogens is 2. The summed E-state index contributed by atoms with van der Waals surface area (Å²) in [6, 6.07) is -0.169. The lowest BCUT2D eigenvalue weighted by molar-refractivity contribution is -0.112. The summed E-state index contributed by atoms with van der Waals surface area (Å²) in [5.41, 5.74) is -1.86. The fourth-order valence-corrected chi connectivity index (χ4v) is 5.98. The third-order valence-electron chi connectivity index (χ3n) is 8.34. The van der Waals surface area contributed by atoms with Crippen molar-refractivity contribution in [2.45, 2.75) is 84.6 Å². The number of carbonyl (C=O) groups excluding carboxylic acids is 4. The van der Waals surface area contributed by atoms with Crippen molar-refractivity contribution in [1.82, 2.24) is 18.9 Å². The van der Waals surface area contributed by atoms with Gasteiger partial charge in [-0.1, -0.05) is 13.8 Å². The van der Waals surface area contributed by atoms with E-state index >= 15 is 0 Å². The molecular weight excluding hydrogens is 564 g/mol. The van der Waals surface area contributed by atoms with E-state index in [-0.39, 0.29) is 65.2 Å². The second-order valence-corrected chi connectivity index (χ2v) is 11.0. The van der Waals surface area contributed by atoms with Crippen LogP contribution in [0.5, 0.6) is 11.5 Å². The van der Waals surface area contributed by atoms with Gasteiger partial charge in [-0.05, 0) is 20.3 Å². The van der Waals surface area contributed by atoms with Crippen LogP contribution in [0.3, 0.4) is 0 Å². The lowest BCUT2D eigenvalue weighted by Gasteiger charge is -2.44. The molecular formula is C29H34N4O10. The number of hydrogen-bond donors (Lipinski definition) is 2. The average molecular weight is 599 g/mol. The molecule has 2 N–H and O–H groups in total. The molecule has 0 bridgehead atoms. The summed E-state index contributed by atoms with van der Waals surface area (Å²) in [6.07, 6.45) is 2.95. The molecule has 0 aliphatic carbocycles. The molecule has 6 rings (SSSR count). The maximum atomic E-state index is 12.6. The molecule has 14 heteroatoms. The number of pyridine rings is 2. The number of ether oxygens (including phenoxy) is 2. The largest absolute Gasteiger partial charge is 0.503 e. The normalized spacial score (nSPS) is 23.9. The van der Waals surface area contributed by atoms with Crippen molar-refractivity contribution in [3.05, 3.63) is 55.4 Å². The summed E-state index contributed by atoms with van der Waals surface area (Å²) < 4.78 is 14.0. The van der Waals surface area contributed by atoms with E-state index in [1.165, 1.54) is 26.4 Å². The molecule has 230 valence electrons. The minimum absolute atomic E-state index is 0.0218. The minimum Gasteiger partial charge on any atom is -0.503 e. The standard InChI is InChI=1S/C15H18N2O5.C14H16N2O5/c1-3-10(18)9-6-16-7-11-17(8(2)4-5-22-11)15(21)12(16)14(20)13(9)19;1-3-10(17)9-5-15-4-8-6-21-7(2)16(8)14(20)11(15)13(19)12(9)18/h6,8,11,20H,3-5,7H2,1-2H3;5,7-8,19H,3-4,6H2,1-2H3/t8-,11+;7-,8+/m11/s1. The monoisotopic (exact) mass is 598 g/mol. The number of Topliss-reactive ketones (excluding diaryl/α,β-unsaturated/α-hetero) is 2. The molecule has 2 aromatic rings. The highest BCUT2D eigenvalue weighted by Crippen LogP contribution is 2.30. The summed E-state index contributed by atoms with van der Waals surface area (Å²) in [7, 11) is 0. The second-order valence-electron chi connectivity index (χ2n) is 11.0.